The van der Waals surface area contributed by atoms with Crippen LogP contribution < -0.4 is 4.72 Å². The van der Waals surface area contributed by atoms with E-state index in [0.717, 1.165) is 8.66 Å². The molecule has 0 aliphatic heterocycles. The monoisotopic (exact) mass is 382 g/mol. The number of aryl methyl sites for hydroxylation is 1. The summed E-state index contributed by atoms with van der Waals surface area (Å²) in [6, 6.07) is 2.46. The first-order valence-electron chi connectivity index (χ1n) is 6.66. The first-order valence-corrected chi connectivity index (χ1v) is 9.75. The highest BCUT2D eigenvalue weighted by atomic mass is 79.9. The molecule has 0 amide bonds. The summed E-state index contributed by atoms with van der Waals surface area (Å²) in [5.41, 5.74) is 0. The Morgan fingerprint density at radius 3 is 2.25 bits per heavy atom. The molecule has 0 spiro atoms. The van der Waals surface area contributed by atoms with Gasteiger partial charge >= 0.3 is 0 Å². The second-order valence-corrected chi connectivity index (χ2v) is 9.66. The van der Waals surface area contributed by atoms with E-state index in [4.69, 9.17) is 0 Å². The first kappa shape index (κ1) is 18.1. The van der Waals surface area contributed by atoms with Crippen LogP contribution in [0.4, 0.5) is 0 Å². The molecule has 1 aromatic heterocycles. The van der Waals surface area contributed by atoms with Crippen LogP contribution in [0.3, 0.4) is 0 Å². The maximum Gasteiger partial charge on any atom is 0.241 e. The Labute approximate surface area is 134 Å². The number of hydrogen-bond acceptors (Lipinski definition) is 4. The highest BCUT2D eigenvalue weighted by Crippen LogP contribution is 2.29. The predicted molar refractivity (Wildman–Crippen MR) is 88.9 cm³/mol. The van der Waals surface area contributed by atoms with Crippen LogP contribution in [0, 0.1) is 6.92 Å². The second-order valence-electron chi connectivity index (χ2n) is 5.29. The third kappa shape index (κ3) is 4.80. The smallest absolute Gasteiger partial charge is 0.241 e. The Balaban J connectivity index is 2.67. The molecule has 0 saturated heterocycles. The fraction of sp³-hybridized carbons (Fsp3) is 0.692. The molecule has 1 rings (SSSR count). The average molecular weight is 383 g/mol. The maximum absolute atomic E-state index is 12.2. The lowest BCUT2D eigenvalue weighted by atomic mass is 10.2. The van der Waals surface area contributed by atoms with Gasteiger partial charge in [0.1, 0.15) is 0 Å². The van der Waals surface area contributed by atoms with Gasteiger partial charge in [0.2, 0.25) is 10.0 Å². The van der Waals surface area contributed by atoms with E-state index in [2.05, 4.69) is 53.2 Å². The molecule has 0 saturated carbocycles. The number of halogens is 1. The Kier molecular flexibility index (Phi) is 6.66. The van der Waals surface area contributed by atoms with Crippen molar-refractivity contribution in [2.24, 2.45) is 0 Å². The highest BCUT2D eigenvalue weighted by molar-refractivity contribution is 9.11. The van der Waals surface area contributed by atoms with Crippen LogP contribution >= 0.6 is 27.3 Å². The molecule has 0 bridgehead atoms. The molecule has 4 nitrogen and oxygen atoms in total. The molecule has 20 heavy (non-hydrogen) atoms. The van der Waals surface area contributed by atoms with Crippen LogP contribution in [0.2, 0.25) is 0 Å². The fourth-order valence-corrected chi connectivity index (χ4v) is 5.63. The van der Waals surface area contributed by atoms with Crippen LogP contribution in [0.15, 0.2) is 14.7 Å². The van der Waals surface area contributed by atoms with E-state index in [1.165, 1.54) is 11.3 Å². The molecule has 1 N–H and O–H groups in total. The normalized spacial score (nSPS) is 12.8. The summed E-state index contributed by atoms with van der Waals surface area (Å²) >= 11 is 4.76. The van der Waals surface area contributed by atoms with Gasteiger partial charge in [-0.05, 0) is 56.6 Å². The van der Waals surface area contributed by atoms with Crippen molar-refractivity contribution < 1.29 is 8.42 Å². The van der Waals surface area contributed by atoms with Gasteiger partial charge in [0.05, 0.1) is 8.68 Å². The third-order valence-electron chi connectivity index (χ3n) is 3.12. The first-order chi connectivity index (χ1) is 9.15. The zero-order valence-electron chi connectivity index (χ0n) is 12.6. The lowest BCUT2D eigenvalue weighted by molar-refractivity contribution is 0.179. The van der Waals surface area contributed by atoms with Crippen LogP contribution in [-0.4, -0.2) is 38.5 Å². The predicted octanol–water partition coefficient (Wildman–Crippen LogP) is 3.22. The maximum atomic E-state index is 12.2. The van der Waals surface area contributed by atoms with Gasteiger partial charge in [-0.3, -0.25) is 4.90 Å². The molecular formula is C13H23BrN2O2S2. The molecule has 0 aliphatic rings. The Morgan fingerprint density at radius 1 is 1.30 bits per heavy atom. The quantitative estimate of drug-likeness (QED) is 0.787. The van der Waals surface area contributed by atoms with E-state index in [1.807, 2.05) is 6.92 Å². The number of hydrogen-bond donors (Lipinski definition) is 1. The molecule has 0 unspecified atom stereocenters. The van der Waals surface area contributed by atoms with Gasteiger partial charge in [0.15, 0.2) is 0 Å². The molecule has 0 aliphatic carbocycles. The molecule has 0 radical (unpaired) electrons. The molecule has 0 atom stereocenters. The molecule has 1 aromatic rings. The van der Waals surface area contributed by atoms with Gasteiger partial charge in [-0.2, -0.15) is 0 Å². The summed E-state index contributed by atoms with van der Waals surface area (Å²) in [5, 5.41) is 0. The second kappa shape index (κ2) is 7.35. The number of nitrogens with zero attached hydrogens (tertiary/aromatic N) is 1. The number of rotatable bonds is 7. The SMILES string of the molecule is Cc1sc(Br)cc1S(=O)(=O)NCCN(C(C)C)C(C)C. The van der Waals surface area contributed by atoms with E-state index in [9.17, 15) is 8.42 Å². The summed E-state index contributed by atoms with van der Waals surface area (Å²) in [6.07, 6.45) is 0. The van der Waals surface area contributed by atoms with Crippen molar-refractivity contribution in [2.45, 2.75) is 51.6 Å². The molecule has 0 fully saturated rings. The van der Waals surface area contributed by atoms with E-state index in [1.54, 1.807) is 6.07 Å². The number of nitrogens with one attached hydrogen (secondary N) is 1. The molecule has 0 aromatic carbocycles. The van der Waals surface area contributed by atoms with Gasteiger partial charge in [-0.1, -0.05) is 0 Å². The van der Waals surface area contributed by atoms with E-state index >= 15 is 0 Å². The summed E-state index contributed by atoms with van der Waals surface area (Å²) in [7, 11) is -3.41. The van der Waals surface area contributed by atoms with Crippen LogP contribution in [0.1, 0.15) is 32.6 Å². The third-order valence-corrected chi connectivity index (χ3v) is 6.39. The summed E-state index contributed by atoms with van der Waals surface area (Å²) < 4.78 is 28.0. The minimum absolute atomic E-state index is 0.370. The van der Waals surface area contributed by atoms with Gasteiger partial charge < -0.3 is 0 Å². The minimum Gasteiger partial charge on any atom is -0.297 e. The van der Waals surface area contributed by atoms with Crippen molar-refractivity contribution in [3.63, 3.8) is 0 Å². The lowest BCUT2D eigenvalue weighted by Gasteiger charge is -2.30. The van der Waals surface area contributed by atoms with Crippen molar-refractivity contribution in [3.05, 3.63) is 14.7 Å². The van der Waals surface area contributed by atoms with Gasteiger partial charge in [0, 0.05) is 30.1 Å². The standard InChI is InChI=1S/C13H23BrN2O2S2/c1-9(2)16(10(3)4)7-6-15-20(17,18)12-8-13(14)19-11(12)5/h8-10,15H,6-7H2,1-5H3. The van der Waals surface area contributed by atoms with E-state index in [0.29, 0.717) is 30.1 Å². The Bertz CT molecular complexity index is 531. The number of sulfonamides is 1. The minimum atomic E-state index is -3.41. The van der Waals surface area contributed by atoms with Crippen LogP contribution in [0.5, 0.6) is 0 Å². The molecular weight excluding hydrogens is 360 g/mol. The lowest BCUT2D eigenvalue weighted by Crippen LogP contribution is -2.42. The van der Waals surface area contributed by atoms with Crippen molar-refractivity contribution in [2.75, 3.05) is 13.1 Å². The van der Waals surface area contributed by atoms with Gasteiger partial charge in [-0.25, -0.2) is 13.1 Å². The Morgan fingerprint density at radius 2 is 1.85 bits per heavy atom. The van der Waals surface area contributed by atoms with Crippen molar-refractivity contribution >= 4 is 37.3 Å². The molecule has 116 valence electrons. The van der Waals surface area contributed by atoms with Crippen LogP contribution in [0.25, 0.3) is 0 Å². The molecule has 7 heteroatoms. The zero-order chi connectivity index (χ0) is 15.5. The van der Waals surface area contributed by atoms with Crippen LogP contribution in [-0.2, 0) is 10.0 Å². The van der Waals surface area contributed by atoms with Crippen molar-refractivity contribution in [3.8, 4) is 0 Å². The summed E-state index contributed by atoms with van der Waals surface area (Å²) in [5.74, 6) is 0. The zero-order valence-corrected chi connectivity index (χ0v) is 15.8. The molecule has 1 heterocycles. The Hall–Kier alpha value is 0.0500. The van der Waals surface area contributed by atoms with Crippen molar-refractivity contribution in [1.29, 1.82) is 0 Å². The van der Waals surface area contributed by atoms with E-state index in [-0.39, 0.29) is 0 Å². The average Bonchev–Trinajstić information content (AvgIpc) is 2.63. The highest BCUT2D eigenvalue weighted by Gasteiger charge is 2.20. The number of thiophene rings is 1. The fourth-order valence-electron chi connectivity index (χ4n) is 2.20. The van der Waals surface area contributed by atoms with E-state index < -0.39 is 10.0 Å². The summed E-state index contributed by atoms with van der Waals surface area (Å²) in [6.45, 7) is 11.4. The summed E-state index contributed by atoms with van der Waals surface area (Å²) in [4.78, 5) is 3.43. The largest absolute Gasteiger partial charge is 0.297 e. The van der Waals surface area contributed by atoms with Gasteiger partial charge in [-0.15, -0.1) is 11.3 Å². The van der Waals surface area contributed by atoms with Crippen molar-refractivity contribution in [1.82, 2.24) is 9.62 Å². The topological polar surface area (TPSA) is 49.4 Å². The van der Waals surface area contributed by atoms with Gasteiger partial charge in [0.25, 0.3) is 0 Å².